The molecule has 2 bridgehead atoms. The first-order valence-corrected chi connectivity index (χ1v) is 11.3. The number of rotatable bonds is 11. The maximum absolute atomic E-state index is 12.5. The largest absolute Gasteiger partial charge is 0.611 e. The molecular weight excluding hydrogens is 348 g/mol. The summed E-state index contributed by atoms with van der Waals surface area (Å²) in [5.74, 6) is 1.16. The van der Waals surface area contributed by atoms with Gasteiger partial charge in [-0.25, -0.2) is 0 Å². The minimum atomic E-state index is -0.922. The molecular formula is C21H30O4S. The summed E-state index contributed by atoms with van der Waals surface area (Å²) in [6, 6.07) is 9.74. The molecule has 0 saturated carbocycles. The molecule has 3 rings (SSSR count). The van der Waals surface area contributed by atoms with Gasteiger partial charge < -0.3 is 14.4 Å². The van der Waals surface area contributed by atoms with Crippen molar-refractivity contribution in [2.75, 3.05) is 5.75 Å². The summed E-state index contributed by atoms with van der Waals surface area (Å²) in [6.45, 7) is 0. The van der Waals surface area contributed by atoms with Gasteiger partial charge >= 0.3 is 5.97 Å². The second-order valence-electron chi connectivity index (χ2n) is 7.62. The number of aliphatic carboxylic acids is 1. The second kappa shape index (κ2) is 9.77. The van der Waals surface area contributed by atoms with Crippen LogP contribution in [-0.2, 0) is 20.7 Å². The molecule has 0 spiro atoms. The number of hydrogen-bond donors (Lipinski definition) is 1. The highest BCUT2D eigenvalue weighted by Crippen LogP contribution is 2.47. The lowest BCUT2D eigenvalue weighted by Crippen LogP contribution is -2.29. The Balaban J connectivity index is 1.42. The summed E-state index contributed by atoms with van der Waals surface area (Å²) in [5.41, 5.74) is 0. The van der Waals surface area contributed by atoms with Crippen molar-refractivity contribution in [3.8, 4) is 0 Å². The summed E-state index contributed by atoms with van der Waals surface area (Å²) in [7, 11) is 0. The van der Waals surface area contributed by atoms with Crippen molar-refractivity contribution in [2.45, 2.75) is 74.9 Å². The number of hydrogen-bond acceptors (Lipinski definition) is 3. The normalized spacial score (nSPS) is 28.3. The number of benzene rings is 1. The predicted octanol–water partition coefficient (Wildman–Crippen LogP) is 4.40. The third-order valence-electron chi connectivity index (χ3n) is 5.91. The van der Waals surface area contributed by atoms with Gasteiger partial charge in [-0.3, -0.25) is 4.79 Å². The number of carboxylic acid groups (broad SMARTS) is 1. The first-order valence-electron chi connectivity index (χ1n) is 9.96. The number of fused-ring (bicyclic) bond motifs is 2. The van der Waals surface area contributed by atoms with Crippen LogP contribution in [0.1, 0.15) is 57.8 Å². The minimum absolute atomic E-state index is 0.283. The van der Waals surface area contributed by atoms with Gasteiger partial charge in [0.15, 0.2) is 4.90 Å². The SMILES string of the molecule is O=C(O)CCCCCCC1C2CCC(O2)C1CC[S+]([O-])c1ccccc1. The third-order valence-corrected chi connectivity index (χ3v) is 7.32. The van der Waals surface area contributed by atoms with Gasteiger partial charge in [-0.2, -0.15) is 0 Å². The molecule has 0 radical (unpaired) electrons. The fourth-order valence-electron chi connectivity index (χ4n) is 4.61. The molecule has 5 unspecified atom stereocenters. The van der Waals surface area contributed by atoms with Crippen LogP contribution in [0.15, 0.2) is 35.2 Å². The average Bonchev–Trinajstić information content (AvgIpc) is 3.24. The summed E-state index contributed by atoms with van der Waals surface area (Å²) in [4.78, 5) is 11.5. The summed E-state index contributed by atoms with van der Waals surface area (Å²) in [5, 5.41) is 8.69. The Hall–Kier alpha value is -1.04. The molecule has 144 valence electrons. The smallest absolute Gasteiger partial charge is 0.303 e. The van der Waals surface area contributed by atoms with Crippen LogP contribution in [0, 0.1) is 11.8 Å². The number of carboxylic acids is 1. The summed E-state index contributed by atoms with van der Waals surface area (Å²) < 4.78 is 18.7. The van der Waals surface area contributed by atoms with Crippen molar-refractivity contribution < 1.29 is 19.2 Å². The lowest BCUT2D eigenvalue weighted by molar-refractivity contribution is -0.137. The molecule has 2 heterocycles. The monoisotopic (exact) mass is 378 g/mol. The molecule has 0 aromatic heterocycles. The Morgan fingerprint density at radius 3 is 2.38 bits per heavy atom. The molecule has 2 aliphatic heterocycles. The molecule has 2 fully saturated rings. The fraction of sp³-hybridized carbons (Fsp3) is 0.667. The number of carbonyl (C=O) groups is 1. The molecule has 1 N–H and O–H groups in total. The highest BCUT2D eigenvalue weighted by molar-refractivity contribution is 7.91. The van der Waals surface area contributed by atoms with Crippen molar-refractivity contribution in [3.05, 3.63) is 30.3 Å². The van der Waals surface area contributed by atoms with E-state index in [0.29, 0.717) is 24.0 Å². The van der Waals surface area contributed by atoms with Gasteiger partial charge in [-0.1, -0.05) is 37.5 Å². The first kappa shape index (κ1) is 19.7. The molecule has 2 saturated heterocycles. The lowest BCUT2D eigenvalue weighted by Gasteiger charge is -2.28. The maximum atomic E-state index is 12.5. The molecule has 0 aliphatic carbocycles. The van der Waals surface area contributed by atoms with Crippen molar-refractivity contribution in [1.82, 2.24) is 0 Å². The van der Waals surface area contributed by atoms with E-state index in [2.05, 4.69) is 0 Å². The van der Waals surface area contributed by atoms with Crippen molar-refractivity contribution in [2.24, 2.45) is 11.8 Å². The highest BCUT2D eigenvalue weighted by Gasteiger charge is 2.48. The Morgan fingerprint density at radius 2 is 1.69 bits per heavy atom. The summed E-state index contributed by atoms with van der Waals surface area (Å²) >= 11 is -0.922. The molecule has 1 aromatic rings. The zero-order valence-electron chi connectivity index (χ0n) is 15.3. The molecule has 0 amide bonds. The van der Waals surface area contributed by atoms with Crippen molar-refractivity contribution in [1.29, 1.82) is 0 Å². The minimum Gasteiger partial charge on any atom is -0.611 e. The van der Waals surface area contributed by atoms with E-state index in [-0.39, 0.29) is 6.42 Å². The topological polar surface area (TPSA) is 69.6 Å². The summed E-state index contributed by atoms with van der Waals surface area (Å²) in [6.07, 6.45) is 9.54. The van der Waals surface area contributed by atoms with Crippen LogP contribution in [0.2, 0.25) is 0 Å². The Bertz CT molecular complexity index is 564. The maximum Gasteiger partial charge on any atom is 0.303 e. The number of ether oxygens (including phenoxy) is 1. The molecule has 2 aliphatic rings. The lowest BCUT2D eigenvalue weighted by atomic mass is 9.75. The van der Waals surface area contributed by atoms with E-state index in [0.717, 1.165) is 55.6 Å². The van der Waals surface area contributed by atoms with E-state index in [1.165, 1.54) is 6.42 Å². The fourth-order valence-corrected chi connectivity index (χ4v) is 5.80. The van der Waals surface area contributed by atoms with Crippen molar-refractivity contribution in [3.63, 3.8) is 0 Å². The van der Waals surface area contributed by atoms with E-state index in [1.54, 1.807) is 0 Å². The van der Waals surface area contributed by atoms with Gasteiger partial charge in [0.25, 0.3) is 0 Å². The average molecular weight is 379 g/mol. The molecule has 1 aromatic carbocycles. The van der Waals surface area contributed by atoms with E-state index in [4.69, 9.17) is 9.84 Å². The Kier molecular flexibility index (Phi) is 7.41. The third kappa shape index (κ3) is 5.24. The van der Waals surface area contributed by atoms with Gasteiger partial charge in [-0.15, -0.1) is 0 Å². The zero-order chi connectivity index (χ0) is 18.4. The number of unbranched alkanes of at least 4 members (excludes halogenated alkanes) is 3. The van der Waals surface area contributed by atoms with Crippen LogP contribution in [0.3, 0.4) is 0 Å². The van der Waals surface area contributed by atoms with Crippen molar-refractivity contribution >= 4 is 17.1 Å². The predicted molar refractivity (Wildman–Crippen MR) is 103 cm³/mol. The zero-order valence-corrected chi connectivity index (χ0v) is 16.2. The van der Waals surface area contributed by atoms with E-state index in [9.17, 15) is 9.35 Å². The molecule has 5 heteroatoms. The van der Waals surface area contributed by atoms with Crippen LogP contribution in [-0.4, -0.2) is 33.6 Å². The molecule has 4 nitrogen and oxygen atoms in total. The van der Waals surface area contributed by atoms with Crippen LogP contribution in [0.5, 0.6) is 0 Å². The van der Waals surface area contributed by atoms with Gasteiger partial charge in [0.2, 0.25) is 0 Å². The first-order chi connectivity index (χ1) is 12.6. The highest BCUT2D eigenvalue weighted by atomic mass is 32.2. The molecule has 26 heavy (non-hydrogen) atoms. The Labute approximate surface area is 159 Å². The second-order valence-corrected chi connectivity index (χ2v) is 9.19. The van der Waals surface area contributed by atoms with E-state index >= 15 is 0 Å². The van der Waals surface area contributed by atoms with Gasteiger partial charge in [-0.05, 0) is 67.2 Å². The van der Waals surface area contributed by atoms with E-state index < -0.39 is 17.1 Å². The van der Waals surface area contributed by atoms with Gasteiger partial charge in [0, 0.05) is 6.42 Å². The molecule has 5 atom stereocenters. The van der Waals surface area contributed by atoms with Crippen LogP contribution in [0.25, 0.3) is 0 Å². The van der Waals surface area contributed by atoms with Gasteiger partial charge in [0.05, 0.1) is 12.2 Å². The van der Waals surface area contributed by atoms with Crippen LogP contribution in [0.4, 0.5) is 0 Å². The van der Waals surface area contributed by atoms with Gasteiger partial charge in [0.1, 0.15) is 5.75 Å². The van der Waals surface area contributed by atoms with Crippen LogP contribution < -0.4 is 0 Å². The standard InChI is InChI=1S/C21H30O4S/c22-21(23)11-7-2-1-6-10-17-18(20-13-12-19(17)25-20)14-15-26(24)16-8-4-3-5-9-16/h3-5,8-9,17-20H,1-2,6-7,10-15H2,(H,22,23). The van der Waals surface area contributed by atoms with E-state index in [1.807, 2.05) is 30.3 Å². The van der Waals surface area contributed by atoms with Crippen LogP contribution >= 0.6 is 0 Å². The Morgan fingerprint density at radius 1 is 1.04 bits per heavy atom. The quantitative estimate of drug-likeness (QED) is 0.458.